The summed E-state index contributed by atoms with van der Waals surface area (Å²) < 4.78 is 63.1. The van der Waals surface area contributed by atoms with E-state index in [9.17, 15) is 28.6 Å². The van der Waals surface area contributed by atoms with Crippen LogP contribution in [-0.2, 0) is 26.8 Å². The molecule has 0 aromatic carbocycles. The van der Waals surface area contributed by atoms with Crippen molar-refractivity contribution in [1.29, 1.82) is 0 Å². The van der Waals surface area contributed by atoms with Crippen LogP contribution >= 0.6 is 23.5 Å². The number of hydrogen-bond donors (Lipinski definition) is 6. The fourth-order valence-corrected chi connectivity index (χ4v) is 6.87. The molecule has 2 aromatic heterocycles. The summed E-state index contributed by atoms with van der Waals surface area (Å²) in [5, 5.41) is 10.6. The molecule has 1 aliphatic carbocycles. The Kier molecular flexibility index (Phi) is 7.11. The van der Waals surface area contributed by atoms with E-state index in [1.54, 1.807) is 0 Å². The average molecular weight is 545 g/mol. The Morgan fingerprint density at radius 2 is 1.85 bits per heavy atom. The number of halogens is 1. The summed E-state index contributed by atoms with van der Waals surface area (Å²) in [4.78, 5) is 47.8. The van der Waals surface area contributed by atoms with Crippen molar-refractivity contribution in [3.63, 3.8) is 0 Å². The van der Waals surface area contributed by atoms with Gasteiger partial charge in [0, 0.05) is 5.92 Å². The number of rotatable bonds is 8. The summed E-state index contributed by atoms with van der Waals surface area (Å²) in [5.74, 6) is -0.320. The largest absolute Gasteiger partial charge is 0.490 e. The van der Waals surface area contributed by atoms with Gasteiger partial charge < -0.3 is 35.0 Å². The van der Waals surface area contributed by atoms with Crippen LogP contribution in [0, 0.1) is 24.2 Å². The molecule has 34 heavy (non-hydrogen) atoms. The molecule has 0 radical (unpaired) electrons. The minimum Gasteiger partial charge on any atom is -0.388 e. The summed E-state index contributed by atoms with van der Waals surface area (Å²) in [6.07, 6.45) is 5.69. The highest BCUT2D eigenvalue weighted by Gasteiger charge is 2.60. The summed E-state index contributed by atoms with van der Waals surface area (Å²) in [6.45, 7) is 0.508. The monoisotopic (exact) mass is 545 g/mol. The number of phosphoric ester groups is 1. The van der Waals surface area contributed by atoms with Gasteiger partial charge in [-0.25, -0.2) is 33.0 Å². The number of nitrogen functional groups attached to an aromatic ring is 1. The Balaban J connectivity index is 1.86. The zero-order valence-corrected chi connectivity index (χ0v) is 19.7. The van der Waals surface area contributed by atoms with Crippen molar-refractivity contribution in [3.8, 4) is 12.3 Å². The van der Waals surface area contributed by atoms with E-state index in [4.69, 9.17) is 21.9 Å². The number of nitrogens with two attached hydrogens (primary N) is 1. The number of terminal acetylenes is 1. The Labute approximate surface area is 190 Å². The second kappa shape index (κ2) is 9.02. The van der Waals surface area contributed by atoms with Gasteiger partial charge in [0.05, 0.1) is 19.0 Å². The Bertz CT molecular complexity index is 1280. The summed E-state index contributed by atoms with van der Waals surface area (Å²) in [5.41, 5.74) is 3.22. The Morgan fingerprint density at radius 3 is 2.44 bits per heavy atom. The molecule has 0 spiro atoms. The minimum atomic E-state index is -5.75. The van der Waals surface area contributed by atoms with Crippen molar-refractivity contribution in [3.05, 3.63) is 12.7 Å². The van der Waals surface area contributed by atoms with Gasteiger partial charge in [0.2, 0.25) is 5.67 Å². The smallest absolute Gasteiger partial charge is 0.388 e. The van der Waals surface area contributed by atoms with Crippen molar-refractivity contribution in [1.82, 2.24) is 19.5 Å². The van der Waals surface area contributed by atoms with Crippen LogP contribution in [0.4, 0.5) is 10.2 Å². The zero-order chi connectivity index (χ0) is 25.7. The molecule has 188 valence electrons. The van der Waals surface area contributed by atoms with Gasteiger partial charge in [-0.15, -0.1) is 6.42 Å². The highest BCUT2D eigenvalue weighted by molar-refractivity contribution is 7.66. The first-order valence-corrected chi connectivity index (χ1v) is 13.6. The van der Waals surface area contributed by atoms with Gasteiger partial charge in [-0.05, 0) is 5.92 Å². The van der Waals surface area contributed by atoms with E-state index < -0.39 is 59.7 Å². The highest BCUT2D eigenvalue weighted by Crippen LogP contribution is 2.66. The lowest BCUT2D eigenvalue weighted by Crippen LogP contribution is -2.40. The minimum absolute atomic E-state index is 0.00400. The number of imidazole rings is 1. The molecule has 1 aliphatic rings. The van der Waals surface area contributed by atoms with Gasteiger partial charge in [-0.1, -0.05) is 12.8 Å². The van der Waals surface area contributed by atoms with Crippen LogP contribution in [0.5, 0.6) is 0 Å². The molecule has 1 saturated carbocycles. The lowest BCUT2D eigenvalue weighted by molar-refractivity contribution is 0.00292. The van der Waals surface area contributed by atoms with Gasteiger partial charge in [-0.3, -0.25) is 4.52 Å². The lowest BCUT2D eigenvalue weighted by atomic mass is 9.94. The summed E-state index contributed by atoms with van der Waals surface area (Å²) in [7, 11) is -16.8. The van der Waals surface area contributed by atoms with E-state index in [2.05, 4.69) is 28.1 Å². The number of alkyl halides is 1. The number of fused-ring (bicyclic) bond motifs is 1. The van der Waals surface area contributed by atoms with Crippen molar-refractivity contribution in [2.24, 2.45) is 11.8 Å². The summed E-state index contributed by atoms with van der Waals surface area (Å²) in [6, 6.07) is -1.32. The first-order chi connectivity index (χ1) is 15.5. The third-order valence-electron chi connectivity index (χ3n) is 5.19. The van der Waals surface area contributed by atoms with Gasteiger partial charge in [0.1, 0.15) is 17.9 Å². The predicted molar refractivity (Wildman–Crippen MR) is 110 cm³/mol. The first kappa shape index (κ1) is 26.8. The highest BCUT2D eigenvalue weighted by atomic mass is 31.3. The fraction of sp³-hybridized carbons (Fsp3) is 0.500. The zero-order valence-electron chi connectivity index (χ0n) is 17.0. The van der Waals surface area contributed by atoms with Crippen molar-refractivity contribution in [2.45, 2.75) is 24.7 Å². The van der Waals surface area contributed by atoms with Gasteiger partial charge >= 0.3 is 23.5 Å². The molecule has 2 unspecified atom stereocenters. The fourth-order valence-electron chi connectivity index (χ4n) is 3.82. The number of phosphoric acid groups is 3. The maximum Gasteiger partial charge on any atom is 0.490 e. The molecule has 3 rings (SSSR count). The van der Waals surface area contributed by atoms with Gasteiger partial charge in [0.25, 0.3) is 0 Å². The average Bonchev–Trinajstić information content (AvgIpc) is 3.16. The normalized spacial score (nSPS) is 31.1. The van der Waals surface area contributed by atoms with E-state index in [0.717, 1.165) is 6.33 Å². The molecular formula is C14H19FN5O11P3. The summed E-state index contributed by atoms with van der Waals surface area (Å²) >= 11 is 0. The quantitative estimate of drug-likeness (QED) is 0.192. The van der Waals surface area contributed by atoms with Gasteiger partial charge in [-0.2, -0.15) is 8.62 Å². The van der Waals surface area contributed by atoms with Crippen LogP contribution in [-0.4, -0.2) is 62.6 Å². The number of aliphatic hydroxyl groups excluding tert-OH is 1. The molecule has 7 atom stereocenters. The topological polar surface area (TPSA) is 250 Å². The SMILES string of the molecule is C#C[C@@]1(F)[C@H](O)[C@@H](COP(=O)(O)OP(=O)(O)OP(=O)(O)O)[C@@H](C)[C@H]1n1cnc2c(N)ncnc21. The van der Waals surface area contributed by atoms with E-state index in [1.165, 1.54) is 17.8 Å². The predicted octanol–water partition coefficient (Wildman–Crippen LogP) is 0.261. The number of anilines is 1. The maximum absolute atomic E-state index is 15.8. The number of nitrogens with zero attached hydrogens (tertiary/aromatic N) is 4. The molecular weight excluding hydrogens is 526 g/mol. The van der Waals surface area contributed by atoms with E-state index >= 15 is 4.39 Å². The van der Waals surface area contributed by atoms with Crippen LogP contribution in [0.3, 0.4) is 0 Å². The molecule has 0 aliphatic heterocycles. The number of aliphatic hydroxyl groups is 1. The molecule has 0 amide bonds. The third kappa shape index (κ3) is 5.23. The van der Waals surface area contributed by atoms with Gasteiger partial charge in [0.15, 0.2) is 11.5 Å². The maximum atomic E-state index is 15.8. The van der Waals surface area contributed by atoms with Crippen LogP contribution in [0.15, 0.2) is 12.7 Å². The molecule has 20 heteroatoms. The molecule has 0 bridgehead atoms. The number of aromatic nitrogens is 4. The lowest BCUT2D eigenvalue weighted by Gasteiger charge is -2.27. The van der Waals surface area contributed by atoms with Crippen LogP contribution < -0.4 is 5.73 Å². The molecule has 2 aromatic rings. The van der Waals surface area contributed by atoms with Crippen molar-refractivity contribution >= 4 is 40.4 Å². The Hall–Kier alpha value is -1.79. The molecule has 0 saturated heterocycles. The van der Waals surface area contributed by atoms with Crippen LogP contribution in [0.1, 0.15) is 13.0 Å². The van der Waals surface area contributed by atoms with E-state index in [1.807, 2.05) is 5.92 Å². The first-order valence-electron chi connectivity index (χ1n) is 9.07. The third-order valence-corrected chi connectivity index (χ3v) is 9.00. The van der Waals surface area contributed by atoms with Crippen molar-refractivity contribution < 1.29 is 55.9 Å². The molecule has 7 N–H and O–H groups in total. The van der Waals surface area contributed by atoms with Crippen LogP contribution in [0.25, 0.3) is 11.2 Å². The van der Waals surface area contributed by atoms with Crippen molar-refractivity contribution in [2.75, 3.05) is 12.3 Å². The van der Waals surface area contributed by atoms with E-state index in [0.29, 0.717) is 0 Å². The second-order valence-corrected chi connectivity index (χ2v) is 11.7. The molecule has 16 nitrogen and oxygen atoms in total. The van der Waals surface area contributed by atoms with Crippen LogP contribution in [0.2, 0.25) is 0 Å². The Morgan fingerprint density at radius 1 is 1.21 bits per heavy atom. The number of hydrogen-bond acceptors (Lipinski definition) is 11. The molecule has 1 fully saturated rings. The molecule has 2 heterocycles. The van der Waals surface area contributed by atoms with E-state index in [-0.39, 0.29) is 17.0 Å². The second-order valence-electron chi connectivity index (χ2n) is 7.29. The standard InChI is InChI=1S/C14H19FN5O11P3/c1-3-14(15)10(20-6-19-9-12(16)17-5-18-13(9)20)7(2)8(11(14)21)4-29-33(25,26)31-34(27,28)30-32(22,23)24/h1,5-8,10-11,21H,4H2,2H3,(H,25,26)(H,27,28)(H2,16,17,18)(H2,22,23,24)/t7-,8+,10-,11-,14+/m1/s1.